The van der Waals surface area contributed by atoms with Crippen molar-refractivity contribution >= 4 is 17.2 Å². The Hall–Kier alpha value is -0.910. The first-order valence-corrected chi connectivity index (χ1v) is 8.56. The largest absolute Gasteiger partial charge is 0.382 e. The van der Waals surface area contributed by atoms with E-state index in [0.717, 1.165) is 26.0 Å². The summed E-state index contributed by atoms with van der Waals surface area (Å²) in [6.07, 6.45) is 1.68. The Labute approximate surface area is 131 Å². The van der Waals surface area contributed by atoms with Crippen LogP contribution in [0.15, 0.2) is 12.1 Å². The van der Waals surface area contributed by atoms with E-state index in [-0.39, 0.29) is 12.1 Å². The standard InChI is InChI=1S/C16H26N2O2S/c1-5-16(4)15(19)18(10-7-11-20-6-2)14(17-16)13-9-8-12(3)21-13/h8-9,14,17H,5-7,10-11H2,1-4H3. The van der Waals surface area contributed by atoms with E-state index in [1.165, 1.54) is 9.75 Å². The predicted molar refractivity (Wildman–Crippen MR) is 86.5 cm³/mol. The summed E-state index contributed by atoms with van der Waals surface area (Å²) < 4.78 is 5.40. The first kappa shape index (κ1) is 16.5. The van der Waals surface area contributed by atoms with Gasteiger partial charge in [-0.2, -0.15) is 0 Å². The SMILES string of the molecule is CCOCCCN1C(=O)C(C)(CC)NC1c1ccc(C)s1. The smallest absolute Gasteiger partial charge is 0.244 e. The van der Waals surface area contributed by atoms with E-state index in [2.05, 4.69) is 31.3 Å². The summed E-state index contributed by atoms with van der Waals surface area (Å²) in [6, 6.07) is 4.24. The van der Waals surface area contributed by atoms with Gasteiger partial charge in [0.25, 0.3) is 0 Å². The van der Waals surface area contributed by atoms with Crippen LogP contribution >= 0.6 is 11.3 Å². The molecular weight excluding hydrogens is 284 g/mol. The lowest BCUT2D eigenvalue weighted by molar-refractivity contribution is -0.133. The van der Waals surface area contributed by atoms with Gasteiger partial charge in [-0.05, 0) is 45.7 Å². The van der Waals surface area contributed by atoms with Crippen molar-refractivity contribution in [1.82, 2.24) is 10.2 Å². The Morgan fingerprint density at radius 2 is 2.19 bits per heavy atom. The minimum absolute atomic E-state index is 0.00257. The Kier molecular flexibility index (Phi) is 5.41. The van der Waals surface area contributed by atoms with E-state index in [4.69, 9.17) is 4.74 Å². The van der Waals surface area contributed by atoms with Gasteiger partial charge in [0, 0.05) is 29.5 Å². The minimum atomic E-state index is -0.450. The van der Waals surface area contributed by atoms with Crippen molar-refractivity contribution in [1.29, 1.82) is 0 Å². The van der Waals surface area contributed by atoms with Crippen molar-refractivity contribution in [3.05, 3.63) is 21.9 Å². The van der Waals surface area contributed by atoms with Crippen LogP contribution in [-0.2, 0) is 9.53 Å². The van der Waals surface area contributed by atoms with Crippen molar-refractivity contribution < 1.29 is 9.53 Å². The first-order chi connectivity index (χ1) is 10.0. The van der Waals surface area contributed by atoms with Crippen molar-refractivity contribution in [2.24, 2.45) is 0 Å². The molecule has 1 amide bonds. The van der Waals surface area contributed by atoms with Gasteiger partial charge in [-0.1, -0.05) is 6.92 Å². The third kappa shape index (κ3) is 3.47. The molecule has 1 saturated heterocycles. The van der Waals surface area contributed by atoms with Crippen molar-refractivity contribution in [2.45, 2.75) is 52.2 Å². The number of nitrogens with zero attached hydrogens (tertiary/aromatic N) is 1. The number of thiophene rings is 1. The van der Waals surface area contributed by atoms with E-state index in [1.807, 2.05) is 18.7 Å². The molecule has 1 aliphatic heterocycles. The Balaban J connectivity index is 2.13. The fourth-order valence-corrected chi connectivity index (χ4v) is 3.61. The zero-order valence-electron chi connectivity index (χ0n) is 13.4. The molecule has 2 atom stereocenters. The molecule has 0 bridgehead atoms. The summed E-state index contributed by atoms with van der Waals surface area (Å²) in [7, 11) is 0. The van der Waals surface area contributed by atoms with Crippen molar-refractivity contribution in [3.8, 4) is 0 Å². The molecule has 1 fully saturated rings. The molecule has 118 valence electrons. The normalized spacial score (nSPS) is 25.8. The van der Waals surface area contributed by atoms with Crippen molar-refractivity contribution in [2.75, 3.05) is 19.8 Å². The third-order valence-corrected chi connectivity index (χ3v) is 5.18. The van der Waals surface area contributed by atoms with E-state index in [1.54, 1.807) is 11.3 Å². The number of carbonyl (C=O) groups excluding carboxylic acids is 1. The summed E-state index contributed by atoms with van der Waals surface area (Å²) in [5.41, 5.74) is -0.450. The first-order valence-electron chi connectivity index (χ1n) is 7.74. The van der Waals surface area contributed by atoms with Crippen LogP contribution in [0.4, 0.5) is 0 Å². The average molecular weight is 310 g/mol. The molecule has 0 radical (unpaired) electrons. The van der Waals surface area contributed by atoms with E-state index < -0.39 is 5.54 Å². The van der Waals surface area contributed by atoms with Gasteiger partial charge in [0.2, 0.25) is 5.91 Å². The van der Waals surface area contributed by atoms with Gasteiger partial charge in [-0.3, -0.25) is 10.1 Å². The Morgan fingerprint density at radius 3 is 2.76 bits per heavy atom. The maximum atomic E-state index is 12.7. The van der Waals surface area contributed by atoms with Crippen LogP contribution in [0.25, 0.3) is 0 Å². The summed E-state index contributed by atoms with van der Waals surface area (Å²) >= 11 is 1.76. The molecule has 21 heavy (non-hydrogen) atoms. The highest BCUT2D eigenvalue weighted by molar-refractivity contribution is 7.12. The molecule has 4 nitrogen and oxygen atoms in total. The van der Waals surface area contributed by atoms with E-state index in [0.29, 0.717) is 6.61 Å². The molecule has 2 rings (SSSR count). The third-order valence-electron chi connectivity index (χ3n) is 4.13. The molecular formula is C16H26N2O2S. The minimum Gasteiger partial charge on any atom is -0.382 e. The average Bonchev–Trinajstić information content (AvgIpc) is 3.00. The lowest BCUT2D eigenvalue weighted by Crippen LogP contribution is -2.43. The van der Waals surface area contributed by atoms with E-state index >= 15 is 0 Å². The van der Waals surface area contributed by atoms with Crippen LogP contribution in [0.2, 0.25) is 0 Å². The molecule has 1 aromatic rings. The summed E-state index contributed by atoms with van der Waals surface area (Å²) in [5.74, 6) is 0.206. The van der Waals surface area contributed by atoms with E-state index in [9.17, 15) is 4.79 Å². The highest BCUT2D eigenvalue weighted by Crippen LogP contribution is 2.35. The second-order valence-corrected chi connectivity index (χ2v) is 7.05. The van der Waals surface area contributed by atoms with Crippen LogP contribution in [0.3, 0.4) is 0 Å². The molecule has 2 heterocycles. The van der Waals surface area contributed by atoms with Gasteiger partial charge in [-0.25, -0.2) is 0 Å². The number of rotatable bonds is 7. The molecule has 1 aliphatic rings. The number of amides is 1. The number of carbonyl (C=O) groups is 1. The number of hydrogen-bond acceptors (Lipinski definition) is 4. The van der Waals surface area contributed by atoms with Gasteiger partial charge in [-0.15, -0.1) is 11.3 Å². The second kappa shape index (κ2) is 6.90. The lowest BCUT2D eigenvalue weighted by atomic mass is 9.99. The maximum Gasteiger partial charge on any atom is 0.244 e. The zero-order chi connectivity index (χ0) is 15.5. The predicted octanol–water partition coefficient (Wildman–Crippen LogP) is 3.08. The van der Waals surface area contributed by atoms with Crippen LogP contribution in [0.5, 0.6) is 0 Å². The van der Waals surface area contributed by atoms with Crippen molar-refractivity contribution in [3.63, 3.8) is 0 Å². The summed E-state index contributed by atoms with van der Waals surface area (Å²) in [5, 5.41) is 3.53. The maximum absolute atomic E-state index is 12.7. The van der Waals surface area contributed by atoms with Crippen LogP contribution in [-0.4, -0.2) is 36.1 Å². The second-order valence-electron chi connectivity index (χ2n) is 5.73. The number of nitrogens with one attached hydrogen (secondary N) is 1. The summed E-state index contributed by atoms with van der Waals surface area (Å²) in [6.45, 7) is 10.3. The molecule has 0 spiro atoms. The number of aryl methyl sites for hydroxylation is 1. The molecule has 1 N–H and O–H groups in total. The van der Waals surface area contributed by atoms with Gasteiger partial charge in [0.1, 0.15) is 6.17 Å². The van der Waals surface area contributed by atoms with Crippen LogP contribution in [0.1, 0.15) is 49.5 Å². The fourth-order valence-electron chi connectivity index (χ4n) is 2.67. The van der Waals surface area contributed by atoms with Crippen LogP contribution in [0, 0.1) is 6.92 Å². The fraction of sp³-hybridized carbons (Fsp3) is 0.688. The highest BCUT2D eigenvalue weighted by Gasteiger charge is 2.47. The topological polar surface area (TPSA) is 41.6 Å². The highest BCUT2D eigenvalue weighted by atomic mass is 32.1. The van der Waals surface area contributed by atoms with Gasteiger partial charge >= 0.3 is 0 Å². The van der Waals surface area contributed by atoms with Gasteiger partial charge < -0.3 is 9.64 Å². The molecule has 5 heteroatoms. The monoisotopic (exact) mass is 310 g/mol. The quantitative estimate of drug-likeness (QED) is 0.787. The molecule has 2 unspecified atom stereocenters. The van der Waals surface area contributed by atoms with Gasteiger partial charge in [0.05, 0.1) is 5.54 Å². The molecule has 0 aliphatic carbocycles. The lowest BCUT2D eigenvalue weighted by Gasteiger charge is -2.23. The Bertz CT molecular complexity index is 488. The summed E-state index contributed by atoms with van der Waals surface area (Å²) in [4.78, 5) is 17.2. The van der Waals surface area contributed by atoms with Gasteiger partial charge in [0.15, 0.2) is 0 Å². The molecule has 0 saturated carbocycles. The molecule has 0 aromatic carbocycles. The number of ether oxygens (including phenoxy) is 1. The molecule has 1 aromatic heterocycles. The van der Waals surface area contributed by atoms with Crippen LogP contribution < -0.4 is 5.32 Å². The Morgan fingerprint density at radius 1 is 1.43 bits per heavy atom. The number of hydrogen-bond donors (Lipinski definition) is 1. The zero-order valence-corrected chi connectivity index (χ0v) is 14.3.